The zero-order chi connectivity index (χ0) is 17.9. The minimum Gasteiger partial charge on any atom is -0.345 e. The normalized spacial score (nSPS) is 15.3. The molecule has 0 aliphatic carbocycles. The van der Waals surface area contributed by atoms with Crippen molar-refractivity contribution >= 4 is 16.7 Å². The molecule has 1 fully saturated rings. The van der Waals surface area contributed by atoms with Gasteiger partial charge in [-0.3, -0.25) is 9.78 Å². The number of carbonyl (C=O) groups excluding carboxylic acids is 1. The minimum absolute atomic E-state index is 0.211. The van der Waals surface area contributed by atoms with Crippen LogP contribution in [0.15, 0.2) is 36.5 Å². The smallest absolute Gasteiger partial charge is 0.274 e. The van der Waals surface area contributed by atoms with Crippen molar-refractivity contribution in [2.75, 3.05) is 13.1 Å². The zero-order valence-electron chi connectivity index (χ0n) is 14.8. The molecule has 4 rings (SSSR count). The van der Waals surface area contributed by atoms with E-state index in [1.165, 1.54) is 0 Å². The molecule has 0 atom stereocenters. The molecule has 0 radical (unpaired) electrons. The fourth-order valence-corrected chi connectivity index (χ4v) is 3.52. The van der Waals surface area contributed by atoms with Gasteiger partial charge in [0.25, 0.3) is 5.91 Å². The van der Waals surface area contributed by atoms with Crippen molar-refractivity contribution in [2.45, 2.75) is 32.4 Å². The summed E-state index contributed by atoms with van der Waals surface area (Å²) < 4.78 is 1.89. The number of nitrogens with zero attached hydrogens (tertiary/aromatic N) is 4. The van der Waals surface area contributed by atoms with Crippen LogP contribution in [0.25, 0.3) is 10.8 Å². The summed E-state index contributed by atoms with van der Waals surface area (Å²) in [7, 11) is 0. The number of amides is 1. The van der Waals surface area contributed by atoms with E-state index >= 15 is 0 Å². The predicted molar refractivity (Wildman–Crippen MR) is 98.8 cm³/mol. The molecule has 0 saturated carbocycles. The van der Waals surface area contributed by atoms with Crippen LogP contribution in [0.5, 0.6) is 0 Å². The van der Waals surface area contributed by atoms with Crippen LogP contribution in [0.3, 0.4) is 0 Å². The average molecular weight is 350 g/mol. The largest absolute Gasteiger partial charge is 0.345 e. The van der Waals surface area contributed by atoms with Gasteiger partial charge in [0.05, 0.1) is 24.0 Å². The quantitative estimate of drug-likeness (QED) is 0.752. The summed E-state index contributed by atoms with van der Waals surface area (Å²) in [5.74, 6) is -0.211. The van der Waals surface area contributed by atoms with E-state index in [2.05, 4.69) is 25.9 Å². The SMILES string of the molecule is Cc1c(C(=O)NCc2nccc3ccccc23)nnn1C1CCNCC1. The Morgan fingerprint density at radius 3 is 2.92 bits per heavy atom. The highest BCUT2D eigenvalue weighted by Crippen LogP contribution is 2.20. The van der Waals surface area contributed by atoms with Crippen molar-refractivity contribution in [3.63, 3.8) is 0 Å². The Kier molecular flexibility index (Phi) is 4.62. The number of benzene rings is 1. The summed E-state index contributed by atoms with van der Waals surface area (Å²) in [5, 5.41) is 16.8. The van der Waals surface area contributed by atoms with Gasteiger partial charge >= 0.3 is 0 Å². The Hall–Kier alpha value is -2.80. The lowest BCUT2D eigenvalue weighted by Gasteiger charge is -2.23. The first-order valence-corrected chi connectivity index (χ1v) is 8.97. The third-order valence-electron chi connectivity index (χ3n) is 4.97. The molecule has 3 heterocycles. The molecule has 7 nitrogen and oxygen atoms in total. The van der Waals surface area contributed by atoms with Crippen LogP contribution < -0.4 is 10.6 Å². The molecule has 0 unspecified atom stereocenters. The Morgan fingerprint density at radius 2 is 2.08 bits per heavy atom. The lowest BCUT2D eigenvalue weighted by Crippen LogP contribution is -2.30. The number of hydrogen-bond acceptors (Lipinski definition) is 5. The zero-order valence-corrected chi connectivity index (χ0v) is 14.8. The highest BCUT2D eigenvalue weighted by atomic mass is 16.2. The highest BCUT2D eigenvalue weighted by Gasteiger charge is 2.22. The molecule has 1 aromatic carbocycles. The molecule has 2 N–H and O–H groups in total. The van der Waals surface area contributed by atoms with Crippen molar-refractivity contribution in [3.05, 3.63) is 53.6 Å². The van der Waals surface area contributed by atoms with Crippen LogP contribution in [0.2, 0.25) is 0 Å². The van der Waals surface area contributed by atoms with Gasteiger partial charge in [-0.25, -0.2) is 4.68 Å². The second-order valence-corrected chi connectivity index (χ2v) is 6.61. The van der Waals surface area contributed by atoms with E-state index in [0.29, 0.717) is 18.3 Å². The first-order valence-electron chi connectivity index (χ1n) is 8.97. The number of pyridine rings is 1. The summed E-state index contributed by atoms with van der Waals surface area (Å²) in [6, 6.07) is 10.3. The van der Waals surface area contributed by atoms with Gasteiger partial charge in [-0.15, -0.1) is 5.10 Å². The van der Waals surface area contributed by atoms with Crippen LogP contribution in [0.1, 0.15) is 40.8 Å². The molecule has 3 aromatic rings. The fourth-order valence-electron chi connectivity index (χ4n) is 3.52. The van der Waals surface area contributed by atoms with Gasteiger partial charge in [0, 0.05) is 11.6 Å². The minimum atomic E-state index is -0.211. The average Bonchev–Trinajstić information content (AvgIpc) is 3.08. The van der Waals surface area contributed by atoms with Crippen LogP contribution in [-0.2, 0) is 6.54 Å². The van der Waals surface area contributed by atoms with Gasteiger partial charge in [-0.1, -0.05) is 29.5 Å². The number of fused-ring (bicyclic) bond motifs is 1. The molecule has 1 amide bonds. The van der Waals surface area contributed by atoms with Gasteiger partial charge < -0.3 is 10.6 Å². The molecule has 2 aromatic heterocycles. The summed E-state index contributed by atoms with van der Waals surface area (Å²) in [5.41, 5.74) is 2.06. The van der Waals surface area contributed by atoms with E-state index in [4.69, 9.17) is 0 Å². The fraction of sp³-hybridized carbons (Fsp3) is 0.368. The second-order valence-electron chi connectivity index (χ2n) is 6.61. The predicted octanol–water partition coefficient (Wildman–Crippen LogP) is 1.99. The monoisotopic (exact) mass is 350 g/mol. The molecule has 134 valence electrons. The molecule has 1 aliphatic rings. The molecular weight excluding hydrogens is 328 g/mol. The van der Waals surface area contributed by atoms with Gasteiger partial charge in [0.1, 0.15) is 0 Å². The number of aromatic nitrogens is 4. The van der Waals surface area contributed by atoms with Gasteiger partial charge in [0.15, 0.2) is 5.69 Å². The molecule has 26 heavy (non-hydrogen) atoms. The summed E-state index contributed by atoms with van der Waals surface area (Å²) >= 11 is 0. The van der Waals surface area contributed by atoms with Gasteiger partial charge in [-0.2, -0.15) is 0 Å². The topological polar surface area (TPSA) is 84.7 Å². The number of piperidine rings is 1. The van der Waals surface area contributed by atoms with Crippen LogP contribution in [0.4, 0.5) is 0 Å². The number of carbonyl (C=O) groups is 1. The standard InChI is InChI=1S/C19H22N6O/c1-13-18(23-24-25(13)15-7-9-20-10-8-15)19(26)22-12-17-16-5-3-2-4-14(16)6-11-21-17/h2-6,11,15,20H,7-10,12H2,1H3,(H,22,26). The Labute approximate surface area is 151 Å². The summed E-state index contributed by atoms with van der Waals surface area (Å²) in [6.45, 7) is 4.21. The van der Waals surface area contributed by atoms with Crippen molar-refractivity contribution in [2.24, 2.45) is 0 Å². The molecule has 1 aliphatic heterocycles. The Morgan fingerprint density at radius 1 is 1.27 bits per heavy atom. The summed E-state index contributed by atoms with van der Waals surface area (Å²) in [4.78, 5) is 17.0. The van der Waals surface area contributed by atoms with E-state index in [0.717, 1.165) is 48.1 Å². The van der Waals surface area contributed by atoms with Crippen molar-refractivity contribution in [1.29, 1.82) is 0 Å². The maximum atomic E-state index is 12.6. The van der Waals surface area contributed by atoms with Gasteiger partial charge in [0.2, 0.25) is 0 Å². The lowest BCUT2D eigenvalue weighted by atomic mass is 10.1. The van der Waals surface area contributed by atoms with Gasteiger partial charge in [-0.05, 0) is 44.3 Å². The second kappa shape index (κ2) is 7.21. The Balaban J connectivity index is 1.49. The number of hydrogen-bond donors (Lipinski definition) is 2. The third-order valence-corrected chi connectivity index (χ3v) is 4.97. The molecule has 1 saturated heterocycles. The molecule has 7 heteroatoms. The number of nitrogens with one attached hydrogen (secondary N) is 2. The molecular formula is C19H22N6O. The Bertz CT molecular complexity index is 923. The van der Waals surface area contributed by atoms with Crippen LogP contribution in [-0.4, -0.2) is 39.0 Å². The lowest BCUT2D eigenvalue weighted by molar-refractivity contribution is 0.0945. The van der Waals surface area contributed by atoms with Crippen LogP contribution >= 0.6 is 0 Å². The van der Waals surface area contributed by atoms with Crippen LogP contribution in [0, 0.1) is 6.92 Å². The highest BCUT2D eigenvalue weighted by molar-refractivity contribution is 5.93. The van der Waals surface area contributed by atoms with Crippen molar-refractivity contribution < 1.29 is 4.79 Å². The van der Waals surface area contributed by atoms with Crippen molar-refractivity contribution in [1.82, 2.24) is 30.6 Å². The van der Waals surface area contributed by atoms with E-state index in [-0.39, 0.29) is 5.91 Å². The van der Waals surface area contributed by atoms with E-state index < -0.39 is 0 Å². The third kappa shape index (κ3) is 3.17. The number of rotatable bonds is 4. The summed E-state index contributed by atoms with van der Waals surface area (Å²) in [6.07, 6.45) is 3.78. The maximum absolute atomic E-state index is 12.6. The molecule has 0 spiro atoms. The van der Waals surface area contributed by atoms with Crippen molar-refractivity contribution in [3.8, 4) is 0 Å². The van der Waals surface area contributed by atoms with E-state index in [1.54, 1.807) is 6.20 Å². The first-order chi connectivity index (χ1) is 12.7. The van der Waals surface area contributed by atoms with E-state index in [9.17, 15) is 4.79 Å². The molecule has 0 bridgehead atoms. The van der Waals surface area contributed by atoms with E-state index in [1.807, 2.05) is 41.9 Å². The first kappa shape index (κ1) is 16.7. The maximum Gasteiger partial charge on any atom is 0.274 e.